The number of hydrogen-bond donors (Lipinski definition) is 1. The molecule has 0 spiro atoms. The number of carbonyl (C=O) groups excluding carboxylic acids is 2. The largest absolute Gasteiger partial charge is 0.356 e. The quantitative estimate of drug-likeness (QED) is 0.700. The Kier molecular flexibility index (Phi) is 6.49. The van der Waals surface area contributed by atoms with Crippen molar-refractivity contribution in [2.24, 2.45) is 17.8 Å². The molecule has 4 atom stereocenters. The van der Waals surface area contributed by atoms with Gasteiger partial charge in [0.1, 0.15) is 5.82 Å². The molecule has 0 unspecified atom stereocenters. The predicted octanol–water partition coefficient (Wildman–Crippen LogP) is 3.84. The topological polar surface area (TPSA) is 52.7 Å². The fourth-order valence-corrected chi connectivity index (χ4v) is 6.53. The van der Waals surface area contributed by atoms with E-state index in [1.165, 1.54) is 25.3 Å². The van der Waals surface area contributed by atoms with E-state index in [0.717, 1.165) is 51.7 Å². The molecule has 0 bridgehead atoms. The Morgan fingerprint density at radius 1 is 1.06 bits per heavy atom. The lowest BCUT2D eigenvalue weighted by atomic mass is 9.69. The monoisotopic (exact) mass is 441 g/mol. The van der Waals surface area contributed by atoms with Crippen molar-refractivity contribution in [3.05, 3.63) is 35.6 Å². The first-order chi connectivity index (χ1) is 15.6. The van der Waals surface area contributed by atoms with E-state index in [1.54, 1.807) is 18.2 Å². The molecule has 5 nitrogen and oxygen atoms in total. The zero-order valence-corrected chi connectivity index (χ0v) is 19.0. The summed E-state index contributed by atoms with van der Waals surface area (Å²) in [6.45, 7) is 3.84. The highest BCUT2D eigenvalue weighted by molar-refractivity contribution is 5.94. The fraction of sp³-hybridized carbons (Fsp3) is 0.692. The molecule has 0 aromatic heterocycles. The molecule has 3 saturated heterocycles. The summed E-state index contributed by atoms with van der Waals surface area (Å²) in [7, 11) is 0. The number of amides is 2. The number of carbonyl (C=O) groups is 2. The Bertz CT molecular complexity index is 840. The van der Waals surface area contributed by atoms with E-state index >= 15 is 0 Å². The molecule has 3 aliphatic heterocycles. The van der Waals surface area contributed by atoms with Crippen LogP contribution in [-0.2, 0) is 4.79 Å². The number of nitrogens with one attached hydrogen (secondary N) is 1. The Hall–Kier alpha value is -1.95. The van der Waals surface area contributed by atoms with Gasteiger partial charge in [-0.15, -0.1) is 0 Å². The summed E-state index contributed by atoms with van der Waals surface area (Å²) in [5, 5.41) is 3.06. The van der Waals surface area contributed by atoms with Crippen LogP contribution in [0.1, 0.15) is 68.1 Å². The Labute approximate surface area is 190 Å². The van der Waals surface area contributed by atoms with E-state index in [2.05, 4.69) is 10.2 Å². The van der Waals surface area contributed by atoms with Gasteiger partial charge in [0.15, 0.2) is 0 Å². The first-order valence-electron chi connectivity index (χ1n) is 12.7. The van der Waals surface area contributed by atoms with Gasteiger partial charge >= 0.3 is 0 Å². The molecule has 0 radical (unpaired) electrons. The van der Waals surface area contributed by atoms with Crippen molar-refractivity contribution >= 4 is 11.8 Å². The van der Waals surface area contributed by atoms with Crippen molar-refractivity contribution in [3.8, 4) is 0 Å². The summed E-state index contributed by atoms with van der Waals surface area (Å²) < 4.78 is 14.5. The number of nitrogens with zero attached hydrogens (tertiary/aromatic N) is 2. The number of likely N-dealkylation sites (tertiary alicyclic amines) is 1. The van der Waals surface area contributed by atoms with Crippen LogP contribution in [0.15, 0.2) is 24.3 Å². The molecule has 1 aromatic rings. The third-order valence-corrected chi connectivity index (χ3v) is 8.23. The van der Waals surface area contributed by atoms with E-state index in [0.29, 0.717) is 36.8 Å². The summed E-state index contributed by atoms with van der Waals surface area (Å²) in [4.78, 5) is 30.5. The first-order valence-corrected chi connectivity index (χ1v) is 12.7. The minimum Gasteiger partial charge on any atom is -0.356 e. The lowest BCUT2D eigenvalue weighted by molar-refractivity contribution is -0.121. The second kappa shape index (κ2) is 9.50. The number of rotatable bonds is 7. The lowest BCUT2D eigenvalue weighted by Gasteiger charge is -2.57. The highest BCUT2D eigenvalue weighted by atomic mass is 19.1. The molecule has 2 amide bonds. The van der Waals surface area contributed by atoms with Crippen LogP contribution in [0.5, 0.6) is 0 Å². The van der Waals surface area contributed by atoms with Crippen LogP contribution in [0.2, 0.25) is 0 Å². The number of hydrogen-bond acceptors (Lipinski definition) is 3. The molecule has 1 aromatic carbocycles. The summed E-state index contributed by atoms with van der Waals surface area (Å²) in [5.41, 5.74) is 0.182. The Balaban J connectivity index is 1.32. The summed E-state index contributed by atoms with van der Waals surface area (Å²) in [6, 6.07) is 6.99. The van der Waals surface area contributed by atoms with Gasteiger partial charge in [-0.25, -0.2) is 4.39 Å². The molecule has 1 N–H and O–H groups in total. The van der Waals surface area contributed by atoms with Gasteiger partial charge in [-0.2, -0.15) is 0 Å². The van der Waals surface area contributed by atoms with Gasteiger partial charge in [-0.1, -0.05) is 12.1 Å². The highest BCUT2D eigenvalue weighted by Crippen LogP contribution is 2.43. The second-order valence-electron chi connectivity index (χ2n) is 10.4. The van der Waals surface area contributed by atoms with Gasteiger partial charge in [-0.05, 0) is 94.3 Å². The predicted molar refractivity (Wildman–Crippen MR) is 122 cm³/mol. The zero-order chi connectivity index (χ0) is 22.1. The van der Waals surface area contributed by atoms with Gasteiger partial charge in [-0.3, -0.25) is 14.5 Å². The van der Waals surface area contributed by atoms with Crippen molar-refractivity contribution in [1.82, 2.24) is 15.1 Å². The van der Waals surface area contributed by atoms with Crippen molar-refractivity contribution in [3.63, 3.8) is 0 Å². The number of piperidine rings is 3. The van der Waals surface area contributed by atoms with E-state index < -0.39 is 5.82 Å². The molecule has 174 valence electrons. The smallest absolute Gasteiger partial charge is 0.257 e. The molecule has 5 rings (SSSR count). The summed E-state index contributed by atoms with van der Waals surface area (Å²) >= 11 is 0. The molecular weight excluding hydrogens is 405 g/mol. The minimum atomic E-state index is -0.438. The van der Waals surface area contributed by atoms with Crippen molar-refractivity contribution in [2.75, 3.05) is 26.2 Å². The second-order valence-corrected chi connectivity index (χ2v) is 10.4. The molecule has 1 saturated carbocycles. The first kappa shape index (κ1) is 21.9. The van der Waals surface area contributed by atoms with Crippen LogP contribution in [-0.4, -0.2) is 59.9 Å². The average molecular weight is 442 g/mol. The lowest BCUT2D eigenvalue weighted by Crippen LogP contribution is -2.65. The van der Waals surface area contributed by atoms with Gasteiger partial charge in [0, 0.05) is 31.6 Å². The van der Waals surface area contributed by atoms with Crippen LogP contribution in [0, 0.1) is 23.6 Å². The van der Waals surface area contributed by atoms with Crippen LogP contribution in [0.25, 0.3) is 0 Å². The maximum absolute atomic E-state index is 14.5. The van der Waals surface area contributed by atoms with Gasteiger partial charge in [0.25, 0.3) is 5.91 Å². The van der Waals surface area contributed by atoms with Gasteiger partial charge < -0.3 is 10.2 Å². The normalized spacial score (nSPS) is 30.0. The molecule has 32 heavy (non-hydrogen) atoms. The number of benzene rings is 1. The highest BCUT2D eigenvalue weighted by Gasteiger charge is 2.49. The van der Waals surface area contributed by atoms with E-state index in [-0.39, 0.29) is 23.4 Å². The van der Waals surface area contributed by atoms with Crippen LogP contribution in [0.3, 0.4) is 0 Å². The number of halogens is 1. The molecular formula is C26H36FN3O2. The van der Waals surface area contributed by atoms with E-state index in [4.69, 9.17) is 0 Å². The third-order valence-electron chi connectivity index (χ3n) is 8.23. The van der Waals surface area contributed by atoms with E-state index in [9.17, 15) is 14.0 Å². The maximum Gasteiger partial charge on any atom is 0.257 e. The SMILES string of the molecule is O=C(CCC[C@@H]1[C@H]2CCCN3CCC[C@@H](CN1C(=O)c1ccccc1F)[C@@H]23)NCC1CC1. The summed E-state index contributed by atoms with van der Waals surface area (Å²) in [5.74, 6) is 1.10. The molecule has 3 heterocycles. The molecule has 6 heteroatoms. The van der Waals surface area contributed by atoms with Crippen molar-refractivity contribution < 1.29 is 14.0 Å². The van der Waals surface area contributed by atoms with E-state index in [1.807, 2.05) is 4.90 Å². The molecule has 4 fully saturated rings. The van der Waals surface area contributed by atoms with Crippen LogP contribution >= 0.6 is 0 Å². The van der Waals surface area contributed by atoms with Crippen LogP contribution < -0.4 is 5.32 Å². The maximum atomic E-state index is 14.5. The average Bonchev–Trinajstić information content (AvgIpc) is 3.64. The summed E-state index contributed by atoms with van der Waals surface area (Å²) in [6.07, 6.45) is 9.18. The zero-order valence-electron chi connectivity index (χ0n) is 19.0. The van der Waals surface area contributed by atoms with Crippen molar-refractivity contribution in [2.45, 2.75) is 69.9 Å². The fourth-order valence-electron chi connectivity index (χ4n) is 6.53. The van der Waals surface area contributed by atoms with Gasteiger partial charge in [0.2, 0.25) is 5.91 Å². The third kappa shape index (κ3) is 4.57. The standard InChI is InChI=1S/C26H36FN3O2/c27-22-9-2-1-7-20(22)26(32)30-17-19-6-4-14-29-15-5-8-21(25(19)29)23(30)10-3-11-24(31)28-16-18-12-13-18/h1-2,7,9,18-19,21,23,25H,3-6,8,10-17H2,(H,28,31)/t19-,21+,23+,25-/m0/s1. The van der Waals surface area contributed by atoms with Gasteiger partial charge in [0.05, 0.1) is 5.56 Å². The minimum absolute atomic E-state index is 0.0838. The molecule has 1 aliphatic carbocycles. The van der Waals surface area contributed by atoms with Crippen LogP contribution in [0.4, 0.5) is 4.39 Å². The molecule has 4 aliphatic rings. The Morgan fingerprint density at radius 3 is 2.62 bits per heavy atom. The van der Waals surface area contributed by atoms with Crippen molar-refractivity contribution in [1.29, 1.82) is 0 Å². The Morgan fingerprint density at radius 2 is 1.84 bits per heavy atom.